The summed E-state index contributed by atoms with van der Waals surface area (Å²) >= 11 is 6.05. The molecule has 0 aliphatic carbocycles. The van der Waals surface area contributed by atoms with Crippen molar-refractivity contribution in [3.05, 3.63) is 34.9 Å². The normalized spacial score (nSPS) is 12.2. The molecule has 0 fully saturated rings. The van der Waals surface area contributed by atoms with Gasteiger partial charge in [0.25, 0.3) is 0 Å². The Hall–Kier alpha value is -3.00. The third kappa shape index (κ3) is 17.7. The molecular formula is C28H45ClN4O8Si. The number of hydrogen-bond donors (Lipinski definition) is 4. The quantitative estimate of drug-likeness (QED) is 0.0470. The lowest BCUT2D eigenvalue weighted by atomic mass is 10.0. The summed E-state index contributed by atoms with van der Waals surface area (Å²) in [6.07, 6.45) is -0.462. The van der Waals surface area contributed by atoms with Crippen LogP contribution in [0.15, 0.2) is 24.3 Å². The molecule has 0 saturated carbocycles. The summed E-state index contributed by atoms with van der Waals surface area (Å²) in [6.45, 7) is 11.6. The number of Topliss-reactive ketones (excluding diaryl/α,β-unsaturated/α-hetero) is 2. The van der Waals surface area contributed by atoms with Gasteiger partial charge < -0.3 is 24.8 Å². The van der Waals surface area contributed by atoms with E-state index in [4.69, 9.17) is 25.8 Å². The number of carbonyl (C=O) groups is 5. The van der Waals surface area contributed by atoms with Gasteiger partial charge in [-0.15, -0.1) is 0 Å². The van der Waals surface area contributed by atoms with Crippen LogP contribution in [0.1, 0.15) is 45.6 Å². The van der Waals surface area contributed by atoms with Crippen LogP contribution in [-0.4, -0.2) is 75.7 Å². The van der Waals surface area contributed by atoms with Gasteiger partial charge in [0.2, 0.25) is 11.6 Å². The lowest BCUT2D eigenvalue weighted by Crippen LogP contribution is -2.49. The van der Waals surface area contributed by atoms with Gasteiger partial charge in [0.05, 0.1) is 19.2 Å². The molecule has 14 heteroatoms. The second-order valence-electron chi connectivity index (χ2n) is 11.8. The number of hydrogen-bond acceptors (Lipinski definition) is 10. The van der Waals surface area contributed by atoms with Crippen molar-refractivity contribution in [3.63, 3.8) is 0 Å². The van der Waals surface area contributed by atoms with Crippen LogP contribution in [-0.2, 0) is 35.2 Å². The van der Waals surface area contributed by atoms with Gasteiger partial charge in [-0.2, -0.15) is 0 Å². The van der Waals surface area contributed by atoms with Gasteiger partial charge in [-0.1, -0.05) is 49.4 Å². The van der Waals surface area contributed by atoms with Crippen molar-refractivity contribution >= 4 is 49.4 Å². The van der Waals surface area contributed by atoms with Crippen molar-refractivity contribution in [2.75, 3.05) is 26.2 Å². The van der Waals surface area contributed by atoms with E-state index in [1.165, 1.54) is 0 Å². The van der Waals surface area contributed by atoms with E-state index in [9.17, 15) is 24.0 Å². The van der Waals surface area contributed by atoms with Gasteiger partial charge >= 0.3 is 18.2 Å². The van der Waals surface area contributed by atoms with E-state index in [-0.39, 0.29) is 26.1 Å². The van der Waals surface area contributed by atoms with Crippen LogP contribution in [0, 0.1) is 0 Å². The Balaban J connectivity index is 2.49. The van der Waals surface area contributed by atoms with Crippen molar-refractivity contribution in [2.24, 2.45) is 0 Å². The van der Waals surface area contributed by atoms with Crippen molar-refractivity contribution in [1.29, 1.82) is 0 Å². The van der Waals surface area contributed by atoms with Crippen molar-refractivity contribution in [2.45, 2.75) is 84.0 Å². The molecule has 42 heavy (non-hydrogen) atoms. The number of ketones is 2. The summed E-state index contributed by atoms with van der Waals surface area (Å²) in [6, 6.07) is 6.73. The molecule has 4 N–H and O–H groups in total. The van der Waals surface area contributed by atoms with Crippen molar-refractivity contribution < 1.29 is 38.2 Å². The fourth-order valence-electron chi connectivity index (χ4n) is 3.27. The number of halogens is 1. The monoisotopic (exact) mass is 628 g/mol. The number of amides is 2. The molecule has 0 heterocycles. The number of ether oxygens (including phenoxy) is 3. The molecule has 0 bridgehead atoms. The molecule has 12 nitrogen and oxygen atoms in total. The fraction of sp³-hybridized carbons (Fsp3) is 0.607. The Kier molecular flexibility index (Phi) is 16.3. The fourth-order valence-corrected chi connectivity index (χ4v) is 4.18. The maximum absolute atomic E-state index is 12.9. The summed E-state index contributed by atoms with van der Waals surface area (Å²) in [7, 11) is -1.33. The number of rotatable bonds is 18. The Morgan fingerprint density at radius 3 is 2.24 bits per heavy atom. The molecule has 236 valence electrons. The SMILES string of the molecule is CC(C)(C)OC(=O)N[C@@H](CCCCNC(=O)OCc1ccccc1Cl)C(=O)C(=O)CNNCC(=O)OCC[Si](C)(C)C. The molecule has 1 atom stereocenters. The van der Waals surface area contributed by atoms with E-state index in [1.807, 2.05) is 0 Å². The second-order valence-corrected chi connectivity index (χ2v) is 17.8. The summed E-state index contributed by atoms with van der Waals surface area (Å²) in [5.41, 5.74) is 4.98. The smallest absolute Gasteiger partial charge is 0.408 e. The lowest BCUT2D eigenvalue weighted by molar-refractivity contribution is -0.142. The van der Waals surface area contributed by atoms with Crippen LogP contribution < -0.4 is 21.5 Å². The summed E-state index contributed by atoms with van der Waals surface area (Å²) in [5, 5.41) is 5.57. The molecule has 2 amide bonds. The Morgan fingerprint density at radius 1 is 0.929 bits per heavy atom. The number of esters is 1. The first-order chi connectivity index (χ1) is 19.6. The zero-order valence-corrected chi connectivity index (χ0v) is 27.2. The highest BCUT2D eigenvalue weighted by atomic mass is 35.5. The van der Waals surface area contributed by atoms with Crippen molar-refractivity contribution in [3.8, 4) is 0 Å². The van der Waals surface area contributed by atoms with Gasteiger partial charge in [0.1, 0.15) is 18.8 Å². The van der Waals surface area contributed by atoms with Crippen LogP contribution >= 0.6 is 11.6 Å². The minimum absolute atomic E-state index is 0.0205. The first kappa shape index (κ1) is 37.0. The largest absolute Gasteiger partial charge is 0.465 e. The molecule has 0 aliphatic heterocycles. The first-order valence-corrected chi connectivity index (χ1v) is 18.0. The van der Waals surface area contributed by atoms with E-state index < -0.39 is 56.0 Å². The summed E-state index contributed by atoms with van der Waals surface area (Å²) in [4.78, 5) is 61.5. The average molecular weight is 629 g/mol. The number of nitrogens with one attached hydrogen (secondary N) is 4. The van der Waals surface area contributed by atoms with Crippen LogP contribution in [0.2, 0.25) is 30.7 Å². The molecule has 1 aromatic carbocycles. The zero-order chi connectivity index (χ0) is 31.8. The summed E-state index contributed by atoms with van der Waals surface area (Å²) < 4.78 is 15.5. The van der Waals surface area contributed by atoms with Gasteiger partial charge in [-0.05, 0) is 52.1 Å². The van der Waals surface area contributed by atoms with Gasteiger partial charge in [0, 0.05) is 25.2 Å². The minimum atomic E-state index is -1.33. The topological polar surface area (TPSA) is 161 Å². The van der Waals surface area contributed by atoms with Crippen LogP contribution in [0.25, 0.3) is 0 Å². The Bertz CT molecular complexity index is 1060. The number of hydrazine groups is 1. The minimum Gasteiger partial charge on any atom is -0.465 e. The predicted molar refractivity (Wildman–Crippen MR) is 162 cm³/mol. The standard InChI is InChI=1S/C28H45ClN4O8Si/c1-28(2,3)41-27(38)33-22(13-9-10-14-30-26(37)40-19-20-11-7-8-12-21(20)29)25(36)23(34)17-31-32-18-24(35)39-15-16-42(4,5)6/h7-8,11-12,22,31-32H,9-10,13-19H2,1-6H3,(H,30,37)(H,33,38)/t22-/m0/s1. The highest BCUT2D eigenvalue weighted by molar-refractivity contribution is 6.76. The predicted octanol–water partition coefficient (Wildman–Crippen LogP) is 3.74. The van der Waals surface area contributed by atoms with Crippen molar-refractivity contribution in [1.82, 2.24) is 21.5 Å². The number of benzene rings is 1. The third-order valence-electron chi connectivity index (χ3n) is 5.51. The van der Waals surface area contributed by atoms with E-state index >= 15 is 0 Å². The molecule has 0 radical (unpaired) electrons. The molecular weight excluding hydrogens is 584 g/mol. The molecule has 1 aromatic rings. The number of alkyl carbamates (subject to hydrolysis) is 2. The van der Waals surface area contributed by atoms with Gasteiger partial charge in [0.15, 0.2) is 0 Å². The maximum Gasteiger partial charge on any atom is 0.408 e. The molecule has 1 rings (SSSR count). The lowest BCUT2D eigenvalue weighted by Gasteiger charge is -2.23. The van der Waals surface area contributed by atoms with E-state index in [0.717, 1.165) is 6.04 Å². The number of unbranched alkanes of at least 4 members (excludes halogenated alkanes) is 1. The Labute approximate surface area is 253 Å². The first-order valence-electron chi connectivity index (χ1n) is 13.9. The molecule has 0 saturated heterocycles. The second kappa shape index (κ2) is 18.5. The molecule has 0 spiro atoms. The van der Waals surface area contributed by atoms with Crippen LogP contribution in [0.5, 0.6) is 0 Å². The van der Waals surface area contributed by atoms with E-state index in [0.29, 0.717) is 30.0 Å². The third-order valence-corrected chi connectivity index (χ3v) is 7.58. The molecule has 0 unspecified atom stereocenters. The average Bonchev–Trinajstić information content (AvgIpc) is 2.87. The van der Waals surface area contributed by atoms with Gasteiger partial charge in [-0.25, -0.2) is 20.4 Å². The molecule has 0 aromatic heterocycles. The zero-order valence-electron chi connectivity index (χ0n) is 25.4. The van der Waals surface area contributed by atoms with Crippen LogP contribution in [0.3, 0.4) is 0 Å². The summed E-state index contributed by atoms with van der Waals surface area (Å²) in [5.74, 6) is -2.10. The van der Waals surface area contributed by atoms with Crippen LogP contribution in [0.4, 0.5) is 9.59 Å². The van der Waals surface area contributed by atoms with E-state index in [2.05, 4.69) is 41.1 Å². The highest BCUT2D eigenvalue weighted by Gasteiger charge is 2.28. The van der Waals surface area contributed by atoms with Gasteiger partial charge in [-0.3, -0.25) is 14.4 Å². The molecule has 0 aliphatic rings. The van der Waals surface area contributed by atoms with E-state index in [1.54, 1.807) is 45.0 Å². The Morgan fingerprint density at radius 2 is 1.60 bits per heavy atom. The highest BCUT2D eigenvalue weighted by Crippen LogP contribution is 2.15. The maximum atomic E-state index is 12.9. The number of carbonyl (C=O) groups excluding carboxylic acids is 5.